The minimum absolute atomic E-state index is 0.0788. The van der Waals surface area contributed by atoms with E-state index in [1.165, 1.54) is 12.1 Å². The van der Waals surface area contributed by atoms with Crippen LogP contribution in [0.15, 0.2) is 48.5 Å². The van der Waals surface area contributed by atoms with Gasteiger partial charge in [0.1, 0.15) is 0 Å². The van der Waals surface area contributed by atoms with E-state index in [0.717, 1.165) is 30.4 Å². The van der Waals surface area contributed by atoms with Gasteiger partial charge in [-0.1, -0.05) is 54.7 Å². The molecule has 2 aromatic rings. The Bertz CT molecular complexity index is 954. The number of carbonyl (C=O) groups excluding carboxylic acids is 4. The fourth-order valence-corrected chi connectivity index (χ4v) is 2.89. The molecule has 12 nitrogen and oxygen atoms in total. The van der Waals surface area contributed by atoms with Crippen LogP contribution in [0.1, 0.15) is 63.9 Å². The molecule has 0 aromatic heterocycles. The molecule has 37 heavy (non-hydrogen) atoms. The van der Waals surface area contributed by atoms with Crippen LogP contribution in [-0.2, 0) is 39.1 Å². The van der Waals surface area contributed by atoms with E-state index in [2.05, 4.69) is 29.6 Å². The molecule has 200 valence electrons. The number of carbonyl (C=O) groups is 4. The lowest BCUT2D eigenvalue weighted by molar-refractivity contribution is -0.452. The number of unbranched alkanes of at least 4 members (excludes halogenated alkanes) is 4. The van der Waals surface area contributed by atoms with Crippen molar-refractivity contribution in [2.45, 2.75) is 46.0 Å². The van der Waals surface area contributed by atoms with Gasteiger partial charge in [-0.3, -0.25) is 9.78 Å². The molecule has 0 amide bonds. The van der Waals surface area contributed by atoms with Gasteiger partial charge in [-0.25, -0.2) is 29.0 Å². The molecule has 0 heterocycles. The fourth-order valence-electron chi connectivity index (χ4n) is 2.89. The maximum atomic E-state index is 11.7. The molecule has 12 heteroatoms. The van der Waals surface area contributed by atoms with Crippen LogP contribution in [0.25, 0.3) is 0 Å². The van der Waals surface area contributed by atoms with E-state index in [0.29, 0.717) is 12.8 Å². The Labute approximate surface area is 213 Å². The molecule has 0 saturated heterocycles. The Morgan fingerprint density at radius 2 is 0.973 bits per heavy atom. The highest BCUT2D eigenvalue weighted by molar-refractivity contribution is 5.89. The van der Waals surface area contributed by atoms with Crippen LogP contribution < -0.4 is 0 Å². The standard InChI is InChI=1S/C25H28O12/c1-18-10-8-12-20(16-18)22(26)32-36-34-24(28)30-14-6-4-3-5-7-15-31-25(29)35-37-33-23(27)21-13-9-11-19(2)17-21/h8-13,16-17H,3-7,14-15H2,1-2H3. The first-order valence-electron chi connectivity index (χ1n) is 11.4. The van der Waals surface area contributed by atoms with Gasteiger partial charge < -0.3 is 9.47 Å². The first-order chi connectivity index (χ1) is 17.8. The normalized spacial score (nSPS) is 10.2. The van der Waals surface area contributed by atoms with Gasteiger partial charge in [0, 0.05) is 0 Å². The van der Waals surface area contributed by atoms with Crippen molar-refractivity contribution in [2.75, 3.05) is 13.2 Å². The van der Waals surface area contributed by atoms with Crippen molar-refractivity contribution in [1.82, 2.24) is 0 Å². The van der Waals surface area contributed by atoms with Crippen molar-refractivity contribution >= 4 is 24.2 Å². The Balaban J connectivity index is 1.39. The molecule has 0 spiro atoms. The van der Waals surface area contributed by atoms with Crippen molar-refractivity contribution in [3.63, 3.8) is 0 Å². The lowest BCUT2D eigenvalue weighted by Crippen LogP contribution is -2.13. The van der Waals surface area contributed by atoms with E-state index >= 15 is 0 Å². The number of benzene rings is 2. The predicted octanol–water partition coefficient (Wildman–Crippen LogP) is 5.27. The molecule has 0 N–H and O–H groups in total. The van der Waals surface area contributed by atoms with Crippen molar-refractivity contribution < 1.29 is 58.3 Å². The minimum atomic E-state index is -1.14. The Hall–Kier alpha value is -4.16. The van der Waals surface area contributed by atoms with Gasteiger partial charge in [-0.05, 0) is 51.0 Å². The Morgan fingerprint density at radius 1 is 0.568 bits per heavy atom. The average Bonchev–Trinajstić information content (AvgIpc) is 2.87. The van der Waals surface area contributed by atoms with E-state index in [1.54, 1.807) is 24.3 Å². The first-order valence-corrected chi connectivity index (χ1v) is 11.4. The number of aryl methyl sites for hydroxylation is 2. The summed E-state index contributed by atoms with van der Waals surface area (Å²) in [5.74, 6) is -1.63. The summed E-state index contributed by atoms with van der Waals surface area (Å²) in [6, 6.07) is 13.2. The molecule has 0 fully saturated rings. The van der Waals surface area contributed by atoms with Crippen molar-refractivity contribution in [1.29, 1.82) is 0 Å². The highest BCUT2D eigenvalue weighted by Crippen LogP contribution is 2.08. The first kappa shape index (κ1) is 29.1. The zero-order chi connectivity index (χ0) is 26.9. The minimum Gasteiger partial charge on any atom is -0.432 e. The molecular weight excluding hydrogens is 492 g/mol. The molecule has 2 aromatic carbocycles. The van der Waals surface area contributed by atoms with Crippen LogP contribution in [0.5, 0.6) is 0 Å². The topological polar surface area (TPSA) is 142 Å². The number of hydrogen-bond acceptors (Lipinski definition) is 12. The molecule has 0 atom stereocenters. The van der Waals surface area contributed by atoms with Gasteiger partial charge >= 0.3 is 24.2 Å². The van der Waals surface area contributed by atoms with Crippen molar-refractivity contribution in [3.05, 3.63) is 70.8 Å². The van der Waals surface area contributed by atoms with Gasteiger partial charge in [-0.2, -0.15) is 0 Å². The second kappa shape index (κ2) is 16.5. The number of rotatable bonds is 14. The van der Waals surface area contributed by atoms with Crippen LogP contribution in [0.4, 0.5) is 9.59 Å². The van der Waals surface area contributed by atoms with Crippen molar-refractivity contribution in [2.24, 2.45) is 0 Å². The summed E-state index contributed by atoms with van der Waals surface area (Å²) < 4.78 is 9.57. The SMILES string of the molecule is Cc1cccc(C(=O)OOOC(=O)OCCCCCCCOC(=O)OOOC(=O)c2cccc(C)c2)c1. The molecule has 0 saturated carbocycles. The zero-order valence-corrected chi connectivity index (χ0v) is 20.5. The Kier molecular flexibility index (Phi) is 13.0. The molecule has 0 aliphatic rings. The van der Waals surface area contributed by atoms with Gasteiger partial charge in [0.15, 0.2) is 0 Å². The quantitative estimate of drug-likeness (QED) is 0.139. The molecule has 2 rings (SSSR count). The molecule has 0 bridgehead atoms. The van der Waals surface area contributed by atoms with Crippen molar-refractivity contribution in [3.8, 4) is 0 Å². The van der Waals surface area contributed by atoms with E-state index in [1.807, 2.05) is 26.0 Å². The molecule has 0 radical (unpaired) electrons. The monoisotopic (exact) mass is 520 g/mol. The Morgan fingerprint density at radius 3 is 1.38 bits per heavy atom. The molecule has 0 aliphatic carbocycles. The van der Waals surface area contributed by atoms with Crippen LogP contribution in [0.3, 0.4) is 0 Å². The third-order valence-corrected chi connectivity index (χ3v) is 4.66. The van der Waals surface area contributed by atoms with Crippen LogP contribution in [-0.4, -0.2) is 37.5 Å². The fraction of sp³-hybridized carbons (Fsp3) is 0.360. The van der Waals surface area contributed by atoms with Crippen LogP contribution >= 0.6 is 0 Å². The maximum absolute atomic E-state index is 11.7. The highest BCUT2D eigenvalue weighted by atomic mass is 17.5. The molecule has 0 aliphatic heterocycles. The van der Waals surface area contributed by atoms with E-state index in [4.69, 9.17) is 9.47 Å². The third-order valence-electron chi connectivity index (χ3n) is 4.66. The number of hydrogen-bond donors (Lipinski definition) is 0. The van der Waals surface area contributed by atoms with E-state index in [9.17, 15) is 19.2 Å². The van der Waals surface area contributed by atoms with E-state index < -0.39 is 24.2 Å². The van der Waals surface area contributed by atoms with Gasteiger partial charge in [0.25, 0.3) is 0 Å². The largest absolute Gasteiger partial charge is 0.543 e. The molecule has 0 unspecified atom stereocenters. The summed E-state index contributed by atoms with van der Waals surface area (Å²) >= 11 is 0. The summed E-state index contributed by atoms with van der Waals surface area (Å²) in [7, 11) is 0. The smallest absolute Gasteiger partial charge is 0.432 e. The second-order valence-electron chi connectivity index (χ2n) is 7.75. The highest BCUT2D eigenvalue weighted by Gasteiger charge is 2.13. The summed E-state index contributed by atoms with van der Waals surface area (Å²) in [5, 5.41) is 8.29. The second-order valence-corrected chi connectivity index (χ2v) is 7.75. The maximum Gasteiger partial charge on any atom is 0.543 e. The van der Waals surface area contributed by atoms with Crippen LogP contribution in [0.2, 0.25) is 0 Å². The predicted molar refractivity (Wildman–Crippen MR) is 123 cm³/mol. The summed E-state index contributed by atoms with van der Waals surface area (Å²) in [6.07, 6.45) is 1.08. The van der Waals surface area contributed by atoms with Gasteiger partial charge in [-0.15, -0.1) is 0 Å². The number of ether oxygens (including phenoxy) is 2. The lowest BCUT2D eigenvalue weighted by Gasteiger charge is -2.05. The third kappa shape index (κ3) is 12.4. The summed E-state index contributed by atoms with van der Waals surface area (Å²) in [5.41, 5.74) is 2.20. The lowest BCUT2D eigenvalue weighted by atomic mass is 10.1. The summed E-state index contributed by atoms with van der Waals surface area (Å²) in [4.78, 5) is 63.4. The zero-order valence-electron chi connectivity index (χ0n) is 20.5. The van der Waals surface area contributed by atoms with Gasteiger partial charge in [0.05, 0.1) is 34.4 Å². The average molecular weight is 520 g/mol. The van der Waals surface area contributed by atoms with E-state index in [-0.39, 0.29) is 24.3 Å². The van der Waals surface area contributed by atoms with Gasteiger partial charge in [0.2, 0.25) is 0 Å². The molecular formula is C25H28O12. The van der Waals surface area contributed by atoms with Crippen LogP contribution in [0, 0.1) is 13.8 Å². The summed E-state index contributed by atoms with van der Waals surface area (Å²) in [6.45, 7) is 3.77.